The van der Waals surface area contributed by atoms with Gasteiger partial charge in [-0.25, -0.2) is 0 Å². The van der Waals surface area contributed by atoms with Crippen molar-refractivity contribution in [2.24, 2.45) is 0 Å². The van der Waals surface area contributed by atoms with E-state index in [1.165, 1.54) is 17.5 Å². The molecule has 1 amide bonds. The molecule has 1 aliphatic heterocycles. The Morgan fingerprint density at radius 3 is 2.52 bits per heavy atom. The highest BCUT2D eigenvalue weighted by Gasteiger charge is 2.24. The predicted octanol–water partition coefficient (Wildman–Crippen LogP) is 2.54. The first-order chi connectivity index (χ1) is 12.1. The second kappa shape index (κ2) is 6.47. The number of carbonyl (C=O) groups is 1. The van der Waals surface area contributed by atoms with Crippen molar-refractivity contribution < 1.29 is 4.79 Å². The van der Waals surface area contributed by atoms with Crippen molar-refractivity contribution in [1.82, 2.24) is 15.1 Å². The van der Waals surface area contributed by atoms with Crippen LogP contribution >= 0.6 is 0 Å². The Bertz CT molecular complexity index is 809. The average molecular weight is 336 g/mol. The van der Waals surface area contributed by atoms with Gasteiger partial charge in [-0.15, -0.1) is 5.10 Å². The molecule has 0 radical (unpaired) electrons. The molecule has 2 aromatic rings. The van der Waals surface area contributed by atoms with Crippen molar-refractivity contribution >= 4 is 11.7 Å². The van der Waals surface area contributed by atoms with Crippen molar-refractivity contribution in [3.63, 3.8) is 0 Å². The molecule has 5 heteroatoms. The van der Waals surface area contributed by atoms with E-state index in [4.69, 9.17) is 0 Å². The number of benzene rings is 1. The van der Waals surface area contributed by atoms with Crippen LogP contribution in [0, 0.1) is 13.8 Å². The number of aryl methyl sites for hydroxylation is 4. The molecule has 25 heavy (non-hydrogen) atoms. The third-order valence-corrected chi connectivity index (χ3v) is 5.45. The van der Waals surface area contributed by atoms with Gasteiger partial charge in [-0.3, -0.25) is 4.79 Å². The Morgan fingerprint density at radius 1 is 0.960 bits per heavy atom. The Kier molecular flexibility index (Phi) is 4.15. The summed E-state index contributed by atoms with van der Waals surface area (Å²) in [7, 11) is 0. The first-order valence-corrected chi connectivity index (χ1v) is 9.09. The van der Waals surface area contributed by atoms with Gasteiger partial charge in [-0.05, 0) is 68.0 Å². The van der Waals surface area contributed by atoms with Crippen molar-refractivity contribution in [2.75, 3.05) is 31.1 Å². The van der Waals surface area contributed by atoms with Gasteiger partial charge in [-0.2, -0.15) is 5.10 Å². The highest BCUT2D eigenvalue weighted by atomic mass is 16.2. The standard InChI is InChI=1S/C20H24N4O/c1-14-6-7-17(12-15(14)2)20(25)24-10-8-23(9-11-24)19-13-16-4-3-5-18(16)21-22-19/h6-7,12-13H,3-5,8-11H2,1-2H3. The first kappa shape index (κ1) is 16.1. The zero-order valence-corrected chi connectivity index (χ0v) is 15.0. The monoisotopic (exact) mass is 336 g/mol. The Hall–Kier alpha value is -2.43. The zero-order valence-electron chi connectivity index (χ0n) is 15.0. The van der Waals surface area contributed by atoms with Crippen LogP contribution in [0.4, 0.5) is 5.82 Å². The molecule has 5 nitrogen and oxygen atoms in total. The molecule has 0 unspecified atom stereocenters. The summed E-state index contributed by atoms with van der Waals surface area (Å²) in [5.41, 5.74) is 5.68. The summed E-state index contributed by atoms with van der Waals surface area (Å²) in [5, 5.41) is 8.78. The van der Waals surface area contributed by atoms with E-state index >= 15 is 0 Å². The van der Waals surface area contributed by atoms with Crippen LogP contribution in [0.1, 0.15) is 39.2 Å². The lowest BCUT2D eigenvalue weighted by Crippen LogP contribution is -2.49. The van der Waals surface area contributed by atoms with Crippen LogP contribution < -0.4 is 4.90 Å². The lowest BCUT2D eigenvalue weighted by molar-refractivity contribution is 0.0746. The summed E-state index contributed by atoms with van der Waals surface area (Å²) in [4.78, 5) is 16.9. The Balaban J connectivity index is 1.42. The second-order valence-electron chi connectivity index (χ2n) is 7.11. The molecule has 1 fully saturated rings. The smallest absolute Gasteiger partial charge is 0.253 e. The van der Waals surface area contributed by atoms with E-state index in [2.05, 4.69) is 35.0 Å². The molecule has 2 aliphatic rings. The number of rotatable bonds is 2. The second-order valence-corrected chi connectivity index (χ2v) is 7.11. The van der Waals surface area contributed by atoms with Gasteiger partial charge in [0.2, 0.25) is 0 Å². The molecule has 4 rings (SSSR count). The summed E-state index contributed by atoms with van der Waals surface area (Å²) in [6.07, 6.45) is 3.36. The van der Waals surface area contributed by atoms with Gasteiger partial charge in [0.25, 0.3) is 5.91 Å². The minimum absolute atomic E-state index is 0.128. The summed E-state index contributed by atoms with van der Waals surface area (Å²) in [5.74, 6) is 1.08. The van der Waals surface area contributed by atoms with Crippen molar-refractivity contribution in [1.29, 1.82) is 0 Å². The van der Waals surface area contributed by atoms with E-state index in [0.29, 0.717) is 0 Å². The van der Waals surface area contributed by atoms with E-state index in [1.54, 1.807) is 0 Å². The maximum Gasteiger partial charge on any atom is 0.253 e. The van der Waals surface area contributed by atoms with E-state index < -0.39 is 0 Å². The third kappa shape index (κ3) is 3.11. The maximum atomic E-state index is 12.7. The van der Waals surface area contributed by atoms with E-state index in [0.717, 1.165) is 61.7 Å². The SMILES string of the molecule is Cc1ccc(C(=O)N2CCN(c3cc4c(nn3)CCC4)CC2)cc1C. The van der Waals surface area contributed by atoms with Crippen molar-refractivity contribution in [2.45, 2.75) is 33.1 Å². The van der Waals surface area contributed by atoms with Crippen LogP contribution in [-0.4, -0.2) is 47.2 Å². The molecule has 2 heterocycles. The molecule has 1 aromatic heterocycles. The Labute approximate surface area is 148 Å². The largest absolute Gasteiger partial charge is 0.352 e. The molecule has 1 aromatic carbocycles. The number of fused-ring (bicyclic) bond motifs is 1. The van der Waals surface area contributed by atoms with Gasteiger partial charge in [-0.1, -0.05) is 6.07 Å². The Morgan fingerprint density at radius 2 is 1.76 bits per heavy atom. The highest BCUT2D eigenvalue weighted by molar-refractivity contribution is 5.94. The lowest BCUT2D eigenvalue weighted by atomic mass is 10.1. The van der Waals surface area contributed by atoms with Gasteiger partial charge in [0.1, 0.15) is 0 Å². The molecule has 0 atom stereocenters. The van der Waals surface area contributed by atoms with Crippen LogP contribution in [0.25, 0.3) is 0 Å². The van der Waals surface area contributed by atoms with E-state index in [1.807, 2.05) is 23.1 Å². The number of hydrogen-bond donors (Lipinski definition) is 0. The molecular formula is C20H24N4O. The average Bonchev–Trinajstić information content (AvgIpc) is 3.11. The van der Waals surface area contributed by atoms with Crippen LogP contribution in [0.3, 0.4) is 0 Å². The summed E-state index contributed by atoms with van der Waals surface area (Å²) >= 11 is 0. The van der Waals surface area contributed by atoms with Crippen molar-refractivity contribution in [3.8, 4) is 0 Å². The molecule has 1 saturated heterocycles. The molecule has 0 N–H and O–H groups in total. The predicted molar refractivity (Wildman–Crippen MR) is 98.1 cm³/mol. The number of anilines is 1. The molecule has 0 spiro atoms. The third-order valence-electron chi connectivity index (χ3n) is 5.45. The normalized spacial score (nSPS) is 16.9. The zero-order chi connectivity index (χ0) is 17.4. The van der Waals surface area contributed by atoms with E-state index in [9.17, 15) is 4.79 Å². The molecular weight excluding hydrogens is 312 g/mol. The van der Waals surface area contributed by atoms with Gasteiger partial charge < -0.3 is 9.80 Å². The number of nitrogens with zero attached hydrogens (tertiary/aromatic N) is 4. The fourth-order valence-electron chi connectivity index (χ4n) is 3.67. The van der Waals surface area contributed by atoms with E-state index in [-0.39, 0.29) is 5.91 Å². The molecule has 130 valence electrons. The minimum Gasteiger partial charge on any atom is -0.352 e. The maximum absolute atomic E-state index is 12.7. The number of aromatic nitrogens is 2. The van der Waals surface area contributed by atoms with Crippen LogP contribution in [0.5, 0.6) is 0 Å². The summed E-state index contributed by atoms with van der Waals surface area (Å²) in [6, 6.07) is 8.15. The number of amides is 1. The molecule has 1 aliphatic carbocycles. The lowest BCUT2D eigenvalue weighted by Gasteiger charge is -2.35. The molecule has 0 saturated carbocycles. The number of carbonyl (C=O) groups excluding carboxylic acids is 1. The van der Waals surface area contributed by atoms with Gasteiger partial charge in [0.15, 0.2) is 5.82 Å². The first-order valence-electron chi connectivity index (χ1n) is 9.09. The van der Waals surface area contributed by atoms with Crippen LogP contribution in [-0.2, 0) is 12.8 Å². The topological polar surface area (TPSA) is 49.3 Å². The minimum atomic E-state index is 0.128. The van der Waals surface area contributed by atoms with Crippen LogP contribution in [0.15, 0.2) is 24.3 Å². The molecule has 0 bridgehead atoms. The summed E-state index contributed by atoms with van der Waals surface area (Å²) < 4.78 is 0. The fraction of sp³-hybridized carbons (Fsp3) is 0.450. The van der Waals surface area contributed by atoms with Gasteiger partial charge in [0, 0.05) is 31.7 Å². The summed E-state index contributed by atoms with van der Waals surface area (Å²) in [6.45, 7) is 7.19. The number of hydrogen-bond acceptors (Lipinski definition) is 4. The quantitative estimate of drug-likeness (QED) is 0.846. The fourth-order valence-corrected chi connectivity index (χ4v) is 3.67. The van der Waals surface area contributed by atoms with Gasteiger partial charge in [0.05, 0.1) is 5.69 Å². The highest BCUT2D eigenvalue weighted by Crippen LogP contribution is 2.23. The van der Waals surface area contributed by atoms with Crippen LogP contribution in [0.2, 0.25) is 0 Å². The number of piperazine rings is 1. The van der Waals surface area contributed by atoms with Crippen molar-refractivity contribution in [3.05, 3.63) is 52.2 Å². The van der Waals surface area contributed by atoms with Gasteiger partial charge >= 0.3 is 0 Å².